The van der Waals surface area contributed by atoms with Gasteiger partial charge in [0, 0.05) is 16.7 Å². The fraction of sp³-hybridized carbons (Fsp3) is 0.364. The van der Waals surface area contributed by atoms with Crippen LogP contribution < -0.4 is 5.32 Å². The summed E-state index contributed by atoms with van der Waals surface area (Å²) in [7, 11) is 1.41. The molecule has 0 heterocycles. The average molecular weight is 292 g/mol. The van der Waals surface area contributed by atoms with Gasteiger partial charge in [0.2, 0.25) is 9.05 Å². The van der Waals surface area contributed by atoms with Gasteiger partial charge in [-0.3, -0.25) is 0 Å². The maximum atomic E-state index is 11.0. The van der Waals surface area contributed by atoms with E-state index in [0.29, 0.717) is 12.8 Å². The highest BCUT2D eigenvalue weighted by Gasteiger charge is 2.18. The molecular weight excluding hydrogens is 278 g/mol. The molecule has 0 saturated carbocycles. The minimum Gasteiger partial charge on any atom is -0.465 e. The van der Waals surface area contributed by atoms with Crippen molar-refractivity contribution in [1.29, 1.82) is 0 Å². The summed E-state index contributed by atoms with van der Waals surface area (Å²) in [6, 6.07) is 8.70. The predicted molar refractivity (Wildman–Crippen MR) is 69.4 cm³/mol. The molecule has 1 atom stereocenters. The lowest BCUT2D eigenvalue weighted by molar-refractivity contribution is 0.190. The van der Waals surface area contributed by atoms with Crippen LogP contribution in [-0.2, 0) is 15.5 Å². The Morgan fingerprint density at radius 1 is 1.33 bits per heavy atom. The molecule has 0 aliphatic rings. The summed E-state index contributed by atoms with van der Waals surface area (Å²) >= 11 is 0. The van der Waals surface area contributed by atoms with E-state index in [0.717, 1.165) is 5.56 Å². The lowest BCUT2D eigenvalue weighted by Gasteiger charge is -2.15. The SMILES string of the molecule is O=C(O)NC(CCc1ccccc1)CS(=O)(=O)Cl. The Hall–Kier alpha value is -1.27. The van der Waals surface area contributed by atoms with E-state index >= 15 is 0 Å². The second kappa shape index (κ2) is 6.61. The summed E-state index contributed by atoms with van der Waals surface area (Å²) < 4.78 is 21.9. The van der Waals surface area contributed by atoms with E-state index in [1.807, 2.05) is 30.3 Å². The largest absolute Gasteiger partial charge is 0.465 e. The van der Waals surface area contributed by atoms with E-state index in [9.17, 15) is 13.2 Å². The number of rotatable bonds is 6. The molecule has 7 heteroatoms. The molecule has 1 aromatic rings. The molecule has 5 nitrogen and oxygen atoms in total. The molecule has 0 radical (unpaired) electrons. The first-order chi connectivity index (χ1) is 8.37. The molecule has 0 spiro atoms. The van der Waals surface area contributed by atoms with Gasteiger partial charge >= 0.3 is 6.09 Å². The Morgan fingerprint density at radius 3 is 2.44 bits per heavy atom. The van der Waals surface area contributed by atoms with Gasteiger partial charge in [0.15, 0.2) is 0 Å². The predicted octanol–water partition coefficient (Wildman–Crippen LogP) is 1.82. The molecule has 0 aromatic heterocycles. The van der Waals surface area contributed by atoms with Gasteiger partial charge < -0.3 is 10.4 Å². The summed E-state index contributed by atoms with van der Waals surface area (Å²) in [6.45, 7) is 0. The molecule has 1 aromatic carbocycles. The topological polar surface area (TPSA) is 83.5 Å². The first-order valence-corrected chi connectivity index (χ1v) is 7.80. The minimum absolute atomic E-state index is 0.377. The molecule has 1 rings (SSSR count). The Balaban J connectivity index is 2.59. The maximum absolute atomic E-state index is 11.0. The Morgan fingerprint density at radius 2 is 1.94 bits per heavy atom. The zero-order valence-corrected chi connectivity index (χ0v) is 11.1. The van der Waals surface area contributed by atoms with Crippen LogP contribution in [0.1, 0.15) is 12.0 Å². The van der Waals surface area contributed by atoms with Crippen molar-refractivity contribution in [3.05, 3.63) is 35.9 Å². The number of carbonyl (C=O) groups is 1. The Kier molecular flexibility index (Phi) is 5.43. The quantitative estimate of drug-likeness (QED) is 0.783. The molecule has 0 fully saturated rings. The van der Waals surface area contributed by atoms with Crippen molar-refractivity contribution in [2.45, 2.75) is 18.9 Å². The van der Waals surface area contributed by atoms with Crippen LogP contribution in [0.25, 0.3) is 0 Å². The fourth-order valence-corrected chi connectivity index (χ4v) is 2.78. The van der Waals surface area contributed by atoms with Gasteiger partial charge in [0.25, 0.3) is 0 Å². The van der Waals surface area contributed by atoms with Crippen molar-refractivity contribution < 1.29 is 18.3 Å². The first kappa shape index (κ1) is 14.8. The summed E-state index contributed by atoms with van der Waals surface area (Å²) in [5, 5.41) is 10.8. The molecule has 18 heavy (non-hydrogen) atoms. The molecule has 0 aliphatic heterocycles. The number of aryl methyl sites for hydroxylation is 1. The van der Waals surface area contributed by atoms with E-state index in [2.05, 4.69) is 5.32 Å². The third-order valence-corrected chi connectivity index (χ3v) is 3.53. The van der Waals surface area contributed by atoms with Crippen LogP contribution in [0.4, 0.5) is 4.79 Å². The minimum atomic E-state index is -3.73. The molecular formula is C11H14ClNO4S. The zero-order chi connectivity index (χ0) is 13.6. The van der Waals surface area contributed by atoms with Crippen LogP contribution in [0.2, 0.25) is 0 Å². The van der Waals surface area contributed by atoms with Crippen molar-refractivity contribution in [3.8, 4) is 0 Å². The van der Waals surface area contributed by atoms with Gasteiger partial charge in [-0.15, -0.1) is 0 Å². The number of amides is 1. The average Bonchev–Trinajstić information content (AvgIpc) is 2.24. The standard InChI is InChI=1S/C11H14ClNO4S/c12-18(16,17)8-10(13-11(14)15)7-6-9-4-2-1-3-5-9/h1-5,10,13H,6-8H2,(H,14,15). The van der Waals surface area contributed by atoms with Crippen LogP contribution in [0.3, 0.4) is 0 Å². The van der Waals surface area contributed by atoms with E-state index in [1.165, 1.54) is 0 Å². The van der Waals surface area contributed by atoms with Crippen LogP contribution >= 0.6 is 10.7 Å². The molecule has 0 bridgehead atoms. The molecule has 1 amide bonds. The third-order valence-electron chi connectivity index (χ3n) is 2.35. The summed E-state index contributed by atoms with van der Waals surface area (Å²) in [5.41, 5.74) is 1.02. The summed E-state index contributed by atoms with van der Waals surface area (Å²) in [5.74, 6) is -0.409. The second-order valence-electron chi connectivity index (χ2n) is 3.88. The highest BCUT2D eigenvalue weighted by molar-refractivity contribution is 8.13. The molecule has 0 saturated heterocycles. The number of hydrogen-bond acceptors (Lipinski definition) is 3. The first-order valence-electron chi connectivity index (χ1n) is 5.32. The summed E-state index contributed by atoms with van der Waals surface area (Å²) in [6.07, 6.45) is -0.297. The van der Waals surface area contributed by atoms with Crippen LogP contribution in [-0.4, -0.2) is 31.4 Å². The normalized spacial score (nSPS) is 12.9. The van der Waals surface area contributed by atoms with Crippen LogP contribution in [0, 0.1) is 0 Å². The van der Waals surface area contributed by atoms with E-state index < -0.39 is 26.9 Å². The van der Waals surface area contributed by atoms with Gasteiger partial charge in [-0.25, -0.2) is 13.2 Å². The van der Waals surface area contributed by atoms with Gasteiger partial charge in [-0.2, -0.15) is 0 Å². The van der Waals surface area contributed by atoms with E-state index in [1.54, 1.807) is 0 Å². The fourth-order valence-electron chi connectivity index (χ4n) is 1.60. The summed E-state index contributed by atoms with van der Waals surface area (Å²) in [4.78, 5) is 10.6. The van der Waals surface area contributed by atoms with Crippen molar-refractivity contribution in [3.63, 3.8) is 0 Å². The lowest BCUT2D eigenvalue weighted by atomic mass is 10.1. The smallest absolute Gasteiger partial charge is 0.404 e. The van der Waals surface area contributed by atoms with E-state index in [-0.39, 0.29) is 0 Å². The van der Waals surface area contributed by atoms with Gasteiger partial charge in [0.1, 0.15) is 0 Å². The zero-order valence-electron chi connectivity index (χ0n) is 9.54. The molecule has 0 aliphatic carbocycles. The molecule has 100 valence electrons. The highest BCUT2D eigenvalue weighted by atomic mass is 35.7. The van der Waals surface area contributed by atoms with Crippen LogP contribution in [0.5, 0.6) is 0 Å². The number of nitrogens with one attached hydrogen (secondary N) is 1. The molecule has 1 unspecified atom stereocenters. The van der Waals surface area contributed by atoms with Crippen molar-refractivity contribution >= 4 is 25.8 Å². The number of benzene rings is 1. The number of halogens is 1. The van der Waals surface area contributed by atoms with Gasteiger partial charge in [0.05, 0.1) is 5.75 Å². The third kappa shape index (κ3) is 6.46. The number of carboxylic acid groups (broad SMARTS) is 1. The monoisotopic (exact) mass is 291 g/mol. The number of hydrogen-bond donors (Lipinski definition) is 2. The van der Waals surface area contributed by atoms with Crippen molar-refractivity contribution in [2.24, 2.45) is 0 Å². The Bertz CT molecular complexity index is 489. The second-order valence-corrected chi connectivity index (χ2v) is 6.70. The maximum Gasteiger partial charge on any atom is 0.404 e. The van der Waals surface area contributed by atoms with Gasteiger partial charge in [-0.1, -0.05) is 30.3 Å². The van der Waals surface area contributed by atoms with Crippen molar-refractivity contribution in [1.82, 2.24) is 5.32 Å². The van der Waals surface area contributed by atoms with Crippen molar-refractivity contribution in [2.75, 3.05) is 5.75 Å². The Labute approximate surface area is 110 Å². The molecule has 2 N–H and O–H groups in total. The van der Waals surface area contributed by atoms with E-state index in [4.69, 9.17) is 15.8 Å². The van der Waals surface area contributed by atoms with Gasteiger partial charge in [-0.05, 0) is 18.4 Å². The lowest BCUT2D eigenvalue weighted by Crippen LogP contribution is -2.38. The van der Waals surface area contributed by atoms with Crippen LogP contribution in [0.15, 0.2) is 30.3 Å². The highest BCUT2D eigenvalue weighted by Crippen LogP contribution is 2.08.